The zero-order chi connectivity index (χ0) is 22.8. The van der Waals surface area contributed by atoms with Crippen LogP contribution in [0, 0.1) is 20.2 Å². The molecule has 0 aromatic heterocycles. The highest BCUT2D eigenvalue weighted by molar-refractivity contribution is 5.36. The minimum absolute atomic E-state index is 0.0536. The number of non-ortho nitro benzene ring substituents is 2. The summed E-state index contributed by atoms with van der Waals surface area (Å²) in [4.78, 5) is 21.1. The van der Waals surface area contributed by atoms with Crippen LogP contribution in [0.3, 0.4) is 0 Å². The maximum Gasteiger partial charge on any atom is 0.269 e. The number of nitrogens with zero attached hydrogens (tertiary/aromatic N) is 2. The largest absolute Gasteiger partial charge is 0.394 e. The van der Waals surface area contributed by atoms with Crippen molar-refractivity contribution in [3.8, 4) is 0 Å². The lowest BCUT2D eigenvalue weighted by molar-refractivity contribution is -0.385. The van der Waals surface area contributed by atoms with Gasteiger partial charge in [-0.05, 0) is 0 Å². The van der Waals surface area contributed by atoms with Crippen LogP contribution < -0.4 is 0 Å². The first-order chi connectivity index (χ1) is 15.4. The van der Waals surface area contributed by atoms with Crippen LogP contribution in [0.25, 0.3) is 0 Å². The number of nitro benzene ring substituents is 2. The molecule has 12 nitrogen and oxygen atoms in total. The SMILES string of the molecule is O=[N+]([O-])c1cccc(C2OC[C@H]3OC(c4cccc([N+](=O)[O-])c4)O[C@@H](CO)[C@@H](O)[C@@H]3O2)c1. The number of hydrogen-bond donors (Lipinski definition) is 2. The fourth-order valence-electron chi connectivity index (χ4n) is 3.66. The van der Waals surface area contributed by atoms with Crippen molar-refractivity contribution in [2.75, 3.05) is 13.2 Å². The molecule has 0 aliphatic carbocycles. The third-order valence-corrected chi connectivity index (χ3v) is 5.26. The molecule has 2 N–H and O–H groups in total. The number of nitro groups is 2. The molecule has 2 aliphatic rings. The molecule has 2 aliphatic heterocycles. The quantitative estimate of drug-likeness (QED) is 0.509. The molecule has 2 saturated heterocycles. The van der Waals surface area contributed by atoms with Crippen LogP contribution in [-0.4, -0.2) is 57.7 Å². The molecule has 2 fully saturated rings. The van der Waals surface area contributed by atoms with Gasteiger partial charge in [0.1, 0.15) is 24.4 Å². The van der Waals surface area contributed by atoms with E-state index in [-0.39, 0.29) is 18.0 Å². The molecule has 0 spiro atoms. The molecule has 4 rings (SSSR count). The van der Waals surface area contributed by atoms with Crippen molar-refractivity contribution in [1.29, 1.82) is 0 Å². The summed E-state index contributed by atoms with van der Waals surface area (Å²) >= 11 is 0. The molecule has 0 amide bonds. The normalized spacial score (nSPS) is 30.2. The molecule has 6 atom stereocenters. The zero-order valence-corrected chi connectivity index (χ0v) is 16.6. The van der Waals surface area contributed by atoms with Gasteiger partial charge in [0.25, 0.3) is 11.4 Å². The summed E-state index contributed by atoms with van der Waals surface area (Å²) in [6.45, 7) is -0.618. The van der Waals surface area contributed by atoms with Gasteiger partial charge >= 0.3 is 0 Å². The number of aliphatic hydroxyl groups excluding tert-OH is 2. The van der Waals surface area contributed by atoms with Crippen molar-refractivity contribution >= 4 is 11.4 Å². The summed E-state index contributed by atoms with van der Waals surface area (Å²) < 4.78 is 23.2. The number of benzene rings is 2. The highest BCUT2D eigenvalue weighted by Crippen LogP contribution is 2.37. The summed E-state index contributed by atoms with van der Waals surface area (Å²) in [5.41, 5.74) is 0.396. The van der Waals surface area contributed by atoms with E-state index in [0.29, 0.717) is 11.1 Å². The van der Waals surface area contributed by atoms with Gasteiger partial charge in [0.15, 0.2) is 12.6 Å². The number of ether oxygens (including phenoxy) is 4. The van der Waals surface area contributed by atoms with Gasteiger partial charge in [-0.3, -0.25) is 20.2 Å². The second kappa shape index (κ2) is 9.24. The van der Waals surface area contributed by atoms with Gasteiger partial charge in [0, 0.05) is 35.4 Å². The third-order valence-electron chi connectivity index (χ3n) is 5.26. The van der Waals surface area contributed by atoms with Crippen molar-refractivity contribution < 1.29 is 39.0 Å². The van der Waals surface area contributed by atoms with E-state index in [1.807, 2.05) is 0 Å². The zero-order valence-electron chi connectivity index (χ0n) is 16.6. The van der Waals surface area contributed by atoms with Crippen LogP contribution in [0.15, 0.2) is 48.5 Å². The van der Waals surface area contributed by atoms with Gasteiger partial charge in [-0.2, -0.15) is 0 Å². The minimum Gasteiger partial charge on any atom is -0.394 e. The topological polar surface area (TPSA) is 164 Å². The summed E-state index contributed by atoms with van der Waals surface area (Å²) in [6.07, 6.45) is -6.40. The number of rotatable bonds is 5. The van der Waals surface area contributed by atoms with Crippen molar-refractivity contribution in [2.24, 2.45) is 0 Å². The Bertz CT molecular complexity index is 1000. The lowest BCUT2D eigenvalue weighted by Gasteiger charge is -2.37. The first-order valence-corrected chi connectivity index (χ1v) is 9.73. The number of fused-ring (bicyclic) bond motifs is 1. The van der Waals surface area contributed by atoms with E-state index in [9.17, 15) is 30.4 Å². The third kappa shape index (κ3) is 4.46. The molecule has 0 bridgehead atoms. The Labute approximate surface area is 181 Å². The Morgan fingerprint density at radius 1 is 0.906 bits per heavy atom. The molecule has 32 heavy (non-hydrogen) atoms. The summed E-state index contributed by atoms with van der Waals surface area (Å²) in [5.74, 6) is 0. The van der Waals surface area contributed by atoms with E-state index in [4.69, 9.17) is 18.9 Å². The molecule has 12 heteroatoms. The van der Waals surface area contributed by atoms with Crippen LogP contribution in [-0.2, 0) is 18.9 Å². The second-order valence-electron chi connectivity index (χ2n) is 7.32. The lowest BCUT2D eigenvalue weighted by Crippen LogP contribution is -2.51. The molecule has 2 aromatic rings. The summed E-state index contributed by atoms with van der Waals surface area (Å²) in [6, 6.07) is 11.4. The van der Waals surface area contributed by atoms with Gasteiger partial charge < -0.3 is 29.2 Å². The van der Waals surface area contributed by atoms with E-state index in [1.54, 1.807) is 12.1 Å². The van der Waals surface area contributed by atoms with E-state index >= 15 is 0 Å². The maximum atomic E-state index is 11.1. The average molecular weight is 448 g/mol. The first kappa shape index (κ1) is 22.2. The van der Waals surface area contributed by atoms with Crippen LogP contribution in [0.2, 0.25) is 0 Å². The van der Waals surface area contributed by atoms with Crippen molar-refractivity contribution in [3.63, 3.8) is 0 Å². The Morgan fingerprint density at radius 3 is 2.06 bits per heavy atom. The van der Waals surface area contributed by atoms with Crippen molar-refractivity contribution in [2.45, 2.75) is 37.0 Å². The van der Waals surface area contributed by atoms with E-state index in [1.165, 1.54) is 36.4 Å². The molecule has 2 heterocycles. The highest BCUT2D eigenvalue weighted by atomic mass is 16.8. The Kier molecular flexibility index (Phi) is 6.41. The van der Waals surface area contributed by atoms with Gasteiger partial charge in [-0.15, -0.1) is 0 Å². The Balaban J connectivity index is 1.58. The lowest BCUT2D eigenvalue weighted by atomic mass is 10.0. The van der Waals surface area contributed by atoms with E-state index < -0.39 is 53.4 Å². The van der Waals surface area contributed by atoms with Crippen LogP contribution >= 0.6 is 0 Å². The standard InChI is InChI=1S/C20H20N2O10/c23-9-15-17(24)18-16(31-20(30-15)12-4-2-6-14(8-12)22(27)28)10-29-19(32-18)11-3-1-5-13(7-11)21(25)26/h1-8,15-20,23-24H,9-10H2/t15-,16+,17+,18+,19?,20?/m0/s1. The van der Waals surface area contributed by atoms with Gasteiger partial charge in [-0.25, -0.2) is 0 Å². The molecule has 2 aromatic carbocycles. The Morgan fingerprint density at radius 2 is 1.50 bits per heavy atom. The fraction of sp³-hybridized carbons (Fsp3) is 0.400. The average Bonchev–Trinajstić information content (AvgIpc) is 2.95. The molecule has 0 radical (unpaired) electrons. The molecular formula is C20H20N2O10. The van der Waals surface area contributed by atoms with Crippen LogP contribution in [0.1, 0.15) is 23.7 Å². The summed E-state index contributed by atoms with van der Waals surface area (Å²) in [7, 11) is 0. The van der Waals surface area contributed by atoms with Gasteiger partial charge in [-0.1, -0.05) is 24.3 Å². The smallest absolute Gasteiger partial charge is 0.269 e. The van der Waals surface area contributed by atoms with E-state index in [2.05, 4.69) is 0 Å². The fourth-order valence-corrected chi connectivity index (χ4v) is 3.66. The number of aliphatic hydroxyl groups is 2. The highest BCUT2D eigenvalue weighted by Gasteiger charge is 2.46. The summed E-state index contributed by atoms with van der Waals surface area (Å²) in [5, 5.41) is 42.7. The van der Waals surface area contributed by atoms with Crippen molar-refractivity contribution in [3.05, 3.63) is 79.9 Å². The minimum atomic E-state index is -1.32. The number of hydrogen-bond acceptors (Lipinski definition) is 10. The monoisotopic (exact) mass is 448 g/mol. The van der Waals surface area contributed by atoms with Crippen LogP contribution in [0.5, 0.6) is 0 Å². The first-order valence-electron chi connectivity index (χ1n) is 9.73. The van der Waals surface area contributed by atoms with Gasteiger partial charge in [0.05, 0.1) is 23.1 Å². The molecule has 0 saturated carbocycles. The molecular weight excluding hydrogens is 428 g/mol. The molecule has 170 valence electrons. The molecule has 2 unspecified atom stereocenters. The van der Waals surface area contributed by atoms with Gasteiger partial charge in [0.2, 0.25) is 0 Å². The van der Waals surface area contributed by atoms with E-state index in [0.717, 1.165) is 0 Å². The predicted octanol–water partition coefficient (Wildman–Crippen LogP) is 1.75. The Hall–Kier alpha value is -3.00. The predicted molar refractivity (Wildman–Crippen MR) is 105 cm³/mol. The van der Waals surface area contributed by atoms with Crippen LogP contribution in [0.4, 0.5) is 11.4 Å². The van der Waals surface area contributed by atoms with Crippen molar-refractivity contribution in [1.82, 2.24) is 0 Å². The maximum absolute atomic E-state index is 11.1. The second-order valence-corrected chi connectivity index (χ2v) is 7.32.